The van der Waals surface area contributed by atoms with Crippen molar-refractivity contribution in [3.05, 3.63) is 70.0 Å². The highest BCUT2D eigenvalue weighted by atomic mass is 19.1. The van der Waals surface area contributed by atoms with Crippen molar-refractivity contribution in [3.63, 3.8) is 0 Å². The van der Waals surface area contributed by atoms with Gasteiger partial charge in [-0.3, -0.25) is 15.5 Å². The Kier molecular flexibility index (Phi) is 3.82. The zero-order chi connectivity index (χ0) is 13.7. The number of anilines is 1. The fourth-order valence-corrected chi connectivity index (χ4v) is 1.45. The summed E-state index contributed by atoms with van der Waals surface area (Å²) in [5.41, 5.74) is 3.52. The van der Waals surface area contributed by atoms with E-state index in [0.717, 1.165) is 0 Å². The molecule has 0 unspecified atom stereocenters. The summed E-state index contributed by atoms with van der Waals surface area (Å²) in [4.78, 5) is 10.3. The summed E-state index contributed by atoms with van der Waals surface area (Å²) in [6.45, 7) is 0. The zero-order valence-corrected chi connectivity index (χ0v) is 9.79. The van der Waals surface area contributed by atoms with Gasteiger partial charge in [0, 0.05) is 6.07 Å². The topological polar surface area (TPSA) is 67.5 Å². The molecular weight excluding hydrogens is 249 g/mol. The lowest BCUT2D eigenvalue weighted by molar-refractivity contribution is -0.384. The first kappa shape index (κ1) is 12.7. The summed E-state index contributed by atoms with van der Waals surface area (Å²) in [6.07, 6.45) is 1.45. The summed E-state index contributed by atoms with van der Waals surface area (Å²) >= 11 is 0. The summed E-state index contributed by atoms with van der Waals surface area (Å²) in [6, 6.07) is 11.9. The van der Waals surface area contributed by atoms with Crippen LogP contribution < -0.4 is 5.43 Å². The third-order valence-corrected chi connectivity index (χ3v) is 2.37. The maximum atomic E-state index is 12.7. The standard InChI is InChI=1S/C13H10FN3O2/c14-11-7-5-10(6-8-11)9-15-16-12-3-1-2-4-13(12)17(18)19/h1-9,16H/b15-9-. The molecule has 0 saturated heterocycles. The van der Waals surface area contributed by atoms with E-state index < -0.39 is 4.92 Å². The van der Waals surface area contributed by atoms with Crippen LogP contribution in [0, 0.1) is 15.9 Å². The molecule has 0 saturated carbocycles. The largest absolute Gasteiger partial charge is 0.294 e. The van der Waals surface area contributed by atoms with Gasteiger partial charge in [0.1, 0.15) is 11.5 Å². The average Bonchev–Trinajstić information content (AvgIpc) is 2.41. The molecule has 0 heterocycles. The lowest BCUT2D eigenvalue weighted by Crippen LogP contribution is -1.96. The molecule has 6 heteroatoms. The molecular formula is C13H10FN3O2. The monoisotopic (exact) mass is 259 g/mol. The number of halogens is 1. The van der Waals surface area contributed by atoms with Gasteiger partial charge in [0.2, 0.25) is 0 Å². The van der Waals surface area contributed by atoms with E-state index in [2.05, 4.69) is 10.5 Å². The summed E-state index contributed by atoms with van der Waals surface area (Å²) in [5.74, 6) is -0.330. The quantitative estimate of drug-likeness (QED) is 0.521. The van der Waals surface area contributed by atoms with E-state index >= 15 is 0 Å². The van der Waals surface area contributed by atoms with Gasteiger partial charge < -0.3 is 0 Å². The van der Waals surface area contributed by atoms with Crippen LogP contribution >= 0.6 is 0 Å². The Morgan fingerprint density at radius 1 is 1.16 bits per heavy atom. The highest BCUT2D eigenvalue weighted by Gasteiger charge is 2.10. The van der Waals surface area contributed by atoms with E-state index in [-0.39, 0.29) is 11.5 Å². The number of rotatable bonds is 4. The Labute approximate surface area is 108 Å². The predicted octanol–water partition coefficient (Wildman–Crippen LogP) is 3.18. The van der Waals surface area contributed by atoms with Gasteiger partial charge in [-0.1, -0.05) is 24.3 Å². The van der Waals surface area contributed by atoms with Crippen LogP contribution in [-0.2, 0) is 0 Å². The van der Waals surface area contributed by atoms with Crippen LogP contribution in [0.4, 0.5) is 15.8 Å². The van der Waals surface area contributed by atoms with E-state index in [0.29, 0.717) is 11.3 Å². The number of nitrogens with zero attached hydrogens (tertiary/aromatic N) is 2. The van der Waals surface area contributed by atoms with Gasteiger partial charge >= 0.3 is 0 Å². The first-order chi connectivity index (χ1) is 9.16. The molecule has 0 spiro atoms. The molecule has 0 aliphatic heterocycles. The molecule has 2 rings (SSSR count). The number of hydrogen-bond acceptors (Lipinski definition) is 4. The number of nitro benzene ring substituents is 1. The Bertz CT molecular complexity index is 612. The van der Waals surface area contributed by atoms with Gasteiger partial charge in [0.05, 0.1) is 11.1 Å². The van der Waals surface area contributed by atoms with Gasteiger partial charge in [0.25, 0.3) is 5.69 Å². The van der Waals surface area contributed by atoms with Crippen molar-refractivity contribution in [2.24, 2.45) is 5.10 Å². The van der Waals surface area contributed by atoms with Crippen LogP contribution in [0.15, 0.2) is 53.6 Å². The highest BCUT2D eigenvalue weighted by molar-refractivity contribution is 5.80. The third kappa shape index (κ3) is 3.35. The van der Waals surface area contributed by atoms with Gasteiger partial charge in [0.15, 0.2) is 0 Å². The van der Waals surface area contributed by atoms with Gasteiger partial charge in [-0.25, -0.2) is 4.39 Å². The second-order valence-electron chi connectivity index (χ2n) is 3.70. The minimum Gasteiger partial charge on any atom is -0.272 e. The number of nitro groups is 1. The van der Waals surface area contributed by atoms with Crippen molar-refractivity contribution in [1.29, 1.82) is 0 Å². The molecule has 0 aliphatic rings. The predicted molar refractivity (Wildman–Crippen MR) is 70.7 cm³/mol. The van der Waals surface area contributed by atoms with Gasteiger partial charge in [-0.15, -0.1) is 0 Å². The first-order valence-electron chi connectivity index (χ1n) is 5.45. The van der Waals surface area contributed by atoms with Crippen molar-refractivity contribution < 1.29 is 9.31 Å². The molecule has 5 nitrogen and oxygen atoms in total. The molecule has 0 atom stereocenters. The normalized spacial score (nSPS) is 10.6. The SMILES string of the molecule is O=[N+]([O-])c1ccccc1N/N=C\c1ccc(F)cc1. The van der Waals surface area contributed by atoms with E-state index in [9.17, 15) is 14.5 Å². The second-order valence-corrected chi connectivity index (χ2v) is 3.70. The molecule has 2 aromatic rings. The summed E-state index contributed by atoms with van der Waals surface area (Å²) in [5, 5.41) is 14.6. The fourth-order valence-electron chi connectivity index (χ4n) is 1.45. The summed E-state index contributed by atoms with van der Waals surface area (Å²) < 4.78 is 12.7. The maximum Gasteiger partial charge on any atom is 0.294 e. The van der Waals surface area contributed by atoms with Crippen molar-refractivity contribution in [2.45, 2.75) is 0 Å². The fraction of sp³-hybridized carbons (Fsp3) is 0. The van der Waals surface area contributed by atoms with E-state index in [1.54, 1.807) is 30.3 Å². The van der Waals surface area contributed by atoms with Crippen LogP contribution in [0.25, 0.3) is 0 Å². The smallest absolute Gasteiger partial charge is 0.272 e. The Morgan fingerprint density at radius 3 is 2.53 bits per heavy atom. The minimum atomic E-state index is -0.490. The number of hydrazone groups is 1. The van der Waals surface area contributed by atoms with E-state index in [1.807, 2.05) is 0 Å². The lowest BCUT2D eigenvalue weighted by Gasteiger charge is -2.00. The van der Waals surface area contributed by atoms with Crippen molar-refractivity contribution in [2.75, 3.05) is 5.43 Å². The van der Waals surface area contributed by atoms with E-state index in [4.69, 9.17) is 0 Å². The third-order valence-electron chi connectivity index (χ3n) is 2.37. The van der Waals surface area contributed by atoms with Crippen LogP contribution in [0.1, 0.15) is 5.56 Å². The van der Waals surface area contributed by atoms with Gasteiger partial charge in [-0.2, -0.15) is 5.10 Å². The van der Waals surface area contributed by atoms with Crippen LogP contribution in [0.3, 0.4) is 0 Å². The van der Waals surface area contributed by atoms with E-state index in [1.165, 1.54) is 24.4 Å². The number of nitrogens with one attached hydrogen (secondary N) is 1. The minimum absolute atomic E-state index is 0.0567. The molecule has 0 aromatic heterocycles. The number of benzene rings is 2. The number of hydrogen-bond donors (Lipinski definition) is 1. The molecule has 2 aromatic carbocycles. The molecule has 19 heavy (non-hydrogen) atoms. The number of para-hydroxylation sites is 2. The molecule has 1 N–H and O–H groups in total. The van der Waals surface area contributed by atoms with Crippen LogP contribution in [0.2, 0.25) is 0 Å². The van der Waals surface area contributed by atoms with Crippen molar-refractivity contribution in [3.8, 4) is 0 Å². The molecule has 0 fully saturated rings. The Morgan fingerprint density at radius 2 is 1.84 bits per heavy atom. The van der Waals surface area contributed by atoms with Crippen LogP contribution in [0.5, 0.6) is 0 Å². The van der Waals surface area contributed by atoms with Crippen LogP contribution in [-0.4, -0.2) is 11.1 Å². The zero-order valence-electron chi connectivity index (χ0n) is 9.79. The second kappa shape index (κ2) is 5.72. The molecule has 0 radical (unpaired) electrons. The molecule has 96 valence electrons. The Balaban J connectivity index is 2.10. The summed E-state index contributed by atoms with van der Waals surface area (Å²) in [7, 11) is 0. The van der Waals surface area contributed by atoms with Gasteiger partial charge in [-0.05, 0) is 23.8 Å². The molecule has 0 aliphatic carbocycles. The van der Waals surface area contributed by atoms with Crippen molar-refractivity contribution >= 4 is 17.6 Å². The highest BCUT2D eigenvalue weighted by Crippen LogP contribution is 2.22. The average molecular weight is 259 g/mol. The first-order valence-corrected chi connectivity index (χ1v) is 5.45. The molecule has 0 amide bonds. The maximum absolute atomic E-state index is 12.7. The van der Waals surface area contributed by atoms with Crippen molar-refractivity contribution in [1.82, 2.24) is 0 Å². The molecule has 0 bridgehead atoms. The lowest BCUT2D eigenvalue weighted by atomic mass is 10.2. The Hall–Kier alpha value is -2.76.